The second-order valence-corrected chi connectivity index (χ2v) is 7.79. The molecule has 0 aliphatic carbocycles. The highest BCUT2D eigenvalue weighted by atomic mass is 32.1. The van der Waals surface area contributed by atoms with E-state index in [0.29, 0.717) is 0 Å². The van der Waals surface area contributed by atoms with E-state index in [2.05, 4.69) is 10.6 Å². The van der Waals surface area contributed by atoms with Crippen molar-refractivity contribution >= 4 is 17.2 Å². The fourth-order valence-corrected chi connectivity index (χ4v) is 4.12. The molecule has 0 fully saturated rings. The lowest BCUT2D eigenvalue weighted by Gasteiger charge is -2.20. The highest BCUT2D eigenvalue weighted by molar-refractivity contribution is 7.10. The lowest BCUT2D eigenvalue weighted by atomic mass is 10.0. The lowest BCUT2D eigenvalue weighted by Crippen LogP contribution is -2.38. The summed E-state index contributed by atoms with van der Waals surface area (Å²) >= 11 is 1.55. The smallest absolute Gasteiger partial charge is 0.234 e. The number of rotatable bonds is 8. The number of furan rings is 1. The highest BCUT2D eigenvalue weighted by Gasteiger charge is 2.21. The summed E-state index contributed by atoms with van der Waals surface area (Å²) in [6.07, 6.45) is 1.62. The van der Waals surface area contributed by atoms with E-state index in [9.17, 15) is 9.18 Å². The van der Waals surface area contributed by atoms with Gasteiger partial charge in [0, 0.05) is 4.88 Å². The number of thiophene rings is 1. The summed E-state index contributed by atoms with van der Waals surface area (Å²) < 4.78 is 18.9. The van der Waals surface area contributed by atoms with Gasteiger partial charge < -0.3 is 9.73 Å². The first-order valence-corrected chi connectivity index (χ1v) is 10.5. The first-order chi connectivity index (χ1) is 14.7. The molecule has 2 aromatic carbocycles. The monoisotopic (exact) mass is 420 g/mol. The summed E-state index contributed by atoms with van der Waals surface area (Å²) in [5.41, 5.74) is 1.84. The zero-order chi connectivity index (χ0) is 20.8. The Hall–Kier alpha value is -3.22. The molecule has 0 bridgehead atoms. The van der Waals surface area contributed by atoms with Gasteiger partial charge in [-0.1, -0.05) is 48.5 Å². The van der Waals surface area contributed by atoms with Crippen LogP contribution in [-0.2, 0) is 4.79 Å². The van der Waals surface area contributed by atoms with E-state index in [4.69, 9.17) is 4.42 Å². The first-order valence-electron chi connectivity index (χ1n) is 9.60. The van der Waals surface area contributed by atoms with Crippen LogP contribution in [0, 0.1) is 5.82 Å². The number of halogens is 1. The molecule has 0 unspecified atom stereocenters. The third-order valence-electron chi connectivity index (χ3n) is 4.76. The fourth-order valence-electron chi connectivity index (χ4n) is 3.32. The number of carbonyl (C=O) groups is 1. The van der Waals surface area contributed by atoms with E-state index in [0.717, 1.165) is 21.8 Å². The van der Waals surface area contributed by atoms with Gasteiger partial charge in [0.2, 0.25) is 5.91 Å². The zero-order valence-electron chi connectivity index (χ0n) is 16.1. The Labute approximate surface area is 178 Å². The summed E-state index contributed by atoms with van der Waals surface area (Å²) in [7, 11) is 0. The standard InChI is InChI=1S/C24H21FN2O2S/c25-19-12-10-18(11-13-19)24(21-9-5-15-30-21)27-22(28)16-26-23(20-8-4-14-29-20)17-6-2-1-3-7-17/h1-15,23-24,26H,16H2,(H,27,28)/t23-,24+/m1/s1. The zero-order valence-corrected chi connectivity index (χ0v) is 16.9. The van der Waals surface area contributed by atoms with Gasteiger partial charge in [-0.25, -0.2) is 4.39 Å². The Morgan fingerprint density at radius 2 is 1.67 bits per heavy atom. The van der Waals surface area contributed by atoms with Crippen molar-refractivity contribution in [3.63, 3.8) is 0 Å². The Bertz CT molecular complexity index is 1050. The highest BCUT2D eigenvalue weighted by Crippen LogP contribution is 2.26. The molecule has 2 N–H and O–H groups in total. The van der Waals surface area contributed by atoms with Crippen molar-refractivity contribution in [1.29, 1.82) is 0 Å². The molecule has 6 heteroatoms. The molecule has 0 aliphatic rings. The molecular weight excluding hydrogens is 399 g/mol. The van der Waals surface area contributed by atoms with Gasteiger partial charge in [0.15, 0.2) is 0 Å². The van der Waals surface area contributed by atoms with Crippen LogP contribution in [0.15, 0.2) is 94.9 Å². The lowest BCUT2D eigenvalue weighted by molar-refractivity contribution is -0.120. The third-order valence-corrected chi connectivity index (χ3v) is 5.70. The molecule has 2 atom stereocenters. The van der Waals surface area contributed by atoms with E-state index < -0.39 is 0 Å². The van der Waals surface area contributed by atoms with Gasteiger partial charge in [-0.15, -0.1) is 11.3 Å². The van der Waals surface area contributed by atoms with Crippen LogP contribution in [0.3, 0.4) is 0 Å². The number of hydrogen-bond acceptors (Lipinski definition) is 4. The van der Waals surface area contributed by atoms with Gasteiger partial charge in [0.1, 0.15) is 11.6 Å². The minimum absolute atomic E-state index is 0.101. The summed E-state index contributed by atoms with van der Waals surface area (Å²) in [4.78, 5) is 13.8. The Balaban J connectivity index is 1.48. The van der Waals surface area contributed by atoms with Crippen LogP contribution >= 0.6 is 11.3 Å². The van der Waals surface area contributed by atoms with Gasteiger partial charge in [0.05, 0.1) is 24.9 Å². The summed E-state index contributed by atoms with van der Waals surface area (Å²) in [5.74, 6) is 0.272. The van der Waals surface area contributed by atoms with E-state index in [1.807, 2.05) is 60.0 Å². The molecule has 4 nitrogen and oxygen atoms in total. The maximum absolute atomic E-state index is 13.4. The first kappa shape index (κ1) is 20.1. The second kappa shape index (κ2) is 9.52. The van der Waals surface area contributed by atoms with Crippen LogP contribution in [0.25, 0.3) is 0 Å². The van der Waals surface area contributed by atoms with Crippen LogP contribution in [-0.4, -0.2) is 12.5 Å². The van der Waals surface area contributed by atoms with Gasteiger partial charge >= 0.3 is 0 Å². The molecule has 0 spiro atoms. The van der Waals surface area contributed by atoms with Crippen molar-refractivity contribution in [3.05, 3.63) is 118 Å². The maximum Gasteiger partial charge on any atom is 0.234 e. The number of carbonyl (C=O) groups excluding carboxylic acids is 1. The predicted octanol–water partition coefficient (Wildman–Crippen LogP) is 5.07. The Morgan fingerprint density at radius 1 is 0.900 bits per heavy atom. The summed E-state index contributed by atoms with van der Waals surface area (Å²) in [6, 6.07) is 23.1. The predicted molar refractivity (Wildman–Crippen MR) is 116 cm³/mol. The number of hydrogen-bond donors (Lipinski definition) is 2. The molecular formula is C24H21FN2O2S. The third kappa shape index (κ3) is 4.84. The quantitative estimate of drug-likeness (QED) is 0.419. The molecule has 0 saturated heterocycles. The SMILES string of the molecule is O=C(CN[C@H](c1ccccc1)c1ccco1)N[C@@H](c1ccc(F)cc1)c1cccs1. The van der Waals surface area contributed by atoms with Crippen molar-refractivity contribution < 1.29 is 13.6 Å². The van der Waals surface area contributed by atoms with Crippen molar-refractivity contribution in [2.75, 3.05) is 6.54 Å². The van der Waals surface area contributed by atoms with Crippen molar-refractivity contribution in [2.45, 2.75) is 12.1 Å². The van der Waals surface area contributed by atoms with Crippen molar-refractivity contribution in [1.82, 2.24) is 10.6 Å². The Kier molecular flexibility index (Phi) is 6.37. The average Bonchev–Trinajstić information content (AvgIpc) is 3.48. The fraction of sp³-hybridized carbons (Fsp3) is 0.125. The van der Waals surface area contributed by atoms with E-state index >= 15 is 0 Å². The molecule has 0 saturated carbocycles. The van der Waals surface area contributed by atoms with E-state index in [1.165, 1.54) is 12.1 Å². The molecule has 30 heavy (non-hydrogen) atoms. The van der Waals surface area contributed by atoms with Gasteiger partial charge in [-0.2, -0.15) is 0 Å². The number of benzene rings is 2. The minimum Gasteiger partial charge on any atom is -0.467 e. The minimum atomic E-state index is -0.335. The van der Waals surface area contributed by atoms with Crippen LogP contribution in [0.1, 0.15) is 33.8 Å². The number of amides is 1. The molecule has 0 aliphatic heterocycles. The molecule has 2 aromatic heterocycles. The second-order valence-electron chi connectivity index (χ2n) is 6.81. The van der Waals surface area contributed by atoms with Crippen LogP contribution < -0.4 is 10.6 Å². The van der Waals surface area contributed by atoms with Gasteiger partial charge in [-0.05, 0) is 46.8 Å². The Morgan fingerprint density at radius 3 is 2.33 bits per heavy atom. The van der Waals surface area contributed by atoms with Gasteiger partial charge in [0.25, 0.3) is 0 Å². The number of nitrogens with one attached hydrogen (secondary N) is 2. The molecule has 2 heterocycles. The molecule has 4 rings (SSSR count). The molecule has 1 amide bonds. The maximum atomic E-state index is 13.4. The van der Waals surface area contributed by atoms with Gasteiger partial charge in [-0.3, -0.25) is 10.1 Å². The largest absolute Gasteiger partial charge is 0.467 e. The summed E-state index contributed by atoms with van der Waals surface area (Å²) in [6.45, 7) is 0.101. The summed E-state index contributed by atoms with van der Waals surface area (Å²) in [5, 5.41) is 8.31. The van der Waals surface area contributed by atoms with Crippen LogP contribution in [0.2, 0.25) is 0 Å². The average molecular weight is 421 g/mol. The van der Waals surface area contributed by atoms with E-state index in [-0.39, 0.29) is 30.4 Å². The van der Waals surface area contributed by atoms with Crippen LogP contribution in [0.5, 0.6) is 0 Å². The molecule has 0 radical (unpaired) electrons. The molecule has 152 valence electrons. The molecule has 4 aromatic rings. The normalized spacial score (nSPS) is 13.0. The van der Waals surface area contributed by atoms with E-state index in [1.54, 1.807) is 29.7 Å². The van der Waals surface area contributed by atoms with Crippen molar-refractivity contribution in [3.8, 4) is 0 Å². The van der Waals surface area contributed by atoms with Crippen molar-refractivity contribution in [2.24, 2.45) is 0 Å². The topological polar surface area (TPSA) is 54.3 Å². The van der Waals surface area contributed by atoms with Crippen LogP contribution in [0.4, 0.5) is 4.39 Å².